The number of hydrogen-bond donors (Lipinski definition) is 0. The summed E-state index contributed by atoms with van der Waals surface area (Å²) in [4.78, 5) is 8.78. The second-order valence-electron chi connectivity index (χ2n) is 6.67. The highest BCUT2D eigenvalue weighted by Gasteiger charge is 2.29. The lowest BCUT2D eigenvalue weighted by atomic mass is 10.0. The molecule has 0 saturated heterocycles. The van der Waals surface area contributed by atoms with Crippen LogP contribution in [0.25, 0.3) is 22.2 Å². The van der Waals surface area contributed by atoms with E-state index in [0.29, 0.717) is 18.0 Å². The van der Waals surface area contributed by atoms with Crippen molar-refractivity contribution in [3.8, 4) is 22.8 Å². The number of nitrogens with zero attached hydrogens (tertiary/aromatic N) is 3. The Morgan fingerprint density at radius 3 is 2.39 bits per heavy atom. The summed E-state index contributed by atoms with van der Waals surface area (Å²) in [7, 11) is 3.18. The molecular weight excluding hydrogens is 378 g/mol. The Morgan fingerprint density at radius 2 is 1.79 bits per heavy atom. The van der Waals surface area contributed by atoms with Crippen molar-refractivity contribution in [3.05, 3.63) is 48.3 Å². The summed E-state index contributed by atoms with van der Waals surface area (Å²) in [5.41, 5.74) is 3.40. The summed E-state index contributed by atoms with van der Waals surface area (Å²) in [5.74, 6) is 1.22. The van der Waals surface area contributed by atoms with Crippen LogP contribution in [0.1, 0.15) is 18.4 Å². The van der Waals surface area contributed by atoms with E-state index in [4.69, 9.17) is 9.47 Å². The van der Waals surface area contributed by atoms with E-state index >= 15 is 0 Å². The van der Waals surface area contributed by atoms with E-state index < -0.39 is 11.3 Å². The molecule has 0 spiro atoms. The van der Waals surface area contributed by atoms with Crippen molar-refractivity contribution >= 4 is 22.2 Å². The van der Waals surface area contributed by atoms with Crippen molar-refractivity contribution in [3.63, 3.8) is 0 Å². The van der Waals surface area contributed by atoms with Crippen LogP contribution < -0.4 is 9.47 Å². The van der Waals surface area contributed by atoms with E-state index in [2.05, 4.69) is 9.97 Å². The van der Waals surface area contributed by atoms with Gasteiger partial charge in [-0.25, -0.2) is 14.3 Å². The maximum Gasteiger partial charge on any atom is 0.162 e. The molecule has 0 radical (unpaired) electrons. The summed E-state index contributed by atoms with van der Waals surface area (Å²) in [5, 5.41) is 0.855. The maximum absolute atomic E-state index is 11.4. The normalized spacial score (nSPS) is 15.0. The van der Waals surface area contributed by atoms with Gasteiger partial charge in [-0.3, -0.25) is 4.21 Å². The third-order valence-corrected chi connectivity index (χ3v) is 5.66. The maximum atomic E-state index is 11.4. The molecule has 1 fully saturated rings. The van der Waals surface area contributed by atoms with Crippen LogP contribution in [0.3, 0.4) is 0 Å². The SMILES string of the molecule is COc1cc2ncnc(-c3ccc(CN(C4CC4)S(=O)[O-])cc3)c2cc1OC. The molecule has 0 N–H and O–H groups in total. The number of ether oxygens (including phenoxy) is 2. The second-order valence-corrected chi connectivity index (χ2v) is 7.57. The summed E-state index contributed by atoms with van der Waals surface area (Å²) in [6, 6.07) is 11.6. The highest BCUT2D eigenvalue weighted by atomic mass is 32.2. The quantitative estimate of drug-likeness (QED) is 0.569. The Kier molecular flexibility index (Phi) is 5.25. The van der Waals surface area contributed by atoms with E-state index in [9.17, 15) is 8.76 Å². The molecule has 1 aliphatic carbocycles. The Bertz CT molecular complexity index is 1020. The molecular formula is C20H20N3O4S-. The summed E-state index contributed by atoms with van der Waals surface area (Å²) >= 11 is -2.20. The molecule has 8 heteroatoms. The smallest absolute Gasteiger partial charge is 0.162 e. The van der Waals surface area contributed by atoms with Gasteiger partial charge in [0.05, 0.1) is 25.4 Å². The van der Waals surface area contributed by atoms with Crippen molar-refractivity contribution in [2.75, 3.05) is 14.2 Å². The number of methoxy groups -OCH3 is 2. The van der Waals surface area contributed by atoms with Crippen LogP contribution in [0, 0.1) is 0 Å². The van der Waals surface area contributed by atoms with Gasteiger partial charge in [0.2, 0.25) is 0 Å². The summed E-state index contributed by atoms with van der Waals surface area (Å²) < 4.78 is 35.1. The molecule has 7 nitrogen and oxygen atoms in total. The van der Waals surface area contributed by atoms with Crippen molar-refractivity contribution < 1.29 is 18.2 Å². The number of rotatable bonds is 7. The van der Waals surface area contributed by atoms with Gasteiger partial charge in [0.25, 0.3) is 0 Å². The minimum atomic E-state index is -2.20. The fraction of sp³-hybridized carbons (Fsp3) is 0.300. The van der Waals surface area contributed by atoms with E-state index in [-0.39, 0.29) is 6.04 Å². The number of fused-ring (bicyclic) bond motifs is 1. The van der Waals surface area contributed by atoms with Crippen LogP contribution >= 0.6 is 0 Å². The molecule has 0 bridgehead atoms. The fourth-order valence-electron chi connectivity index (χ4n) is 3.23. The average molecular weight is 398 g/mol. The fourth-order valence-corrected chi connectivity index (χ4v) is 3.94. The predicted molar refractivity (Wildman–Crippen MR) is 106 cm³/mol. The van der Waals surface area contributed by atoms with Gasteiger partial charge in [0.15, 0.2) is 11.5 Å². The van der Waals surface area contributed by atoms with Crippen molar-refractivity contribution in [2.45, 2.75) is 25.4 Å². The molecule has 1 unspecified atom stereocenters. The third kappa shape index (κ3) is 3.71. The van der Waals surface area contributed by atoms with Gasteiger partial charge in [-0.2, -0.15) is 0 Å². The molecule has 146 valence electrons. The van der Waals surface area contributed by atoms with E-state index in [1.165, 1.54) is 10.6 Å². The standard InChI is InChI=1S/C20H21N3O4S/c1-26-18-9-16-17(10-19(18)27-2)21-12-22-20(16)14-5-3-13(4-6-14)11-23(28(24)25)15-7-8-15/h3-6,9-10,12,15H,7-8,11H2,1-2H3,(H,24,25)/p-1. The van der Waals surface area contributed by atoms with Crippen LogP contribution in [0.4, 0.5) is 0 Å². The zero-order chi connectivity index (χ0) is 19.7. The van der Waals surface area contributed by atoms with Crippen molar-refractivity contribution in [1.29, 1.82) is 0 Å². The molecule has 1 aliphatic rings. The number of aromatic nitrogens is 2. The molecule has 4 rings (SSSR count). The van der Waals surface area contributed by atoms with Gasteiger partial charge in [-0.1, -0.05) is 24.3 Å². The minimum Gasteiger partial charge on any atom is -0.760 e. The number of benzene rings is 2. The highest BCUT2D eigenvalue weighted by Crippen LogP contribution is 2.35. The number of hydrogen-bond acceptors (Lipinski definition) is 6. The Labute approximate surface area is 165 Å². The van der Waals surface area contributed by atoms with Crippen LogP contribution in [0.15, 0.2) is 42.7 Å². The molecule has 0 aliphatic heterocycles. The molecule has 0 amide bonds. The van der Waals surface area contributed by atoms with Crippen molar-refractivity contribution in [1.82, 2.24) is 14.3 Å². The highest BCUT2D eigenvalue weighted by molar-refractivity contribution is 7.76. The lowest BCUT2D eigenvalue weighted by molar-refractivity contribution is 0.356. The largest absolute Gasteiger partial charge is 0.760 e. The molecule has 3 aromatic rings. The topological polar surface area (TPSA) is 87.6 Å². The molecule has 1 aromatic heterocycles. The summed E-state index contributed by atoms with van der Waals surface area (Å²) in [6.07, 6.45) is 3.39. The van der Waals surface area contributed by atoms with Gasteiger partial charge < -0.3 is 14.0 Å². The van der Waals surface area contributed by atoms with E-state index in [1.807, 2.05) is 36.4 Å². The Morgan fingerprint density at radius 1 is 1.11 bits per heavy atom. The van der Waals surface area contributed by atoms with E-state index in [1.54, 1.807) is 14.2 Å². The van der Waals surface area contributed by atoms with Gasteiger partial charge in [-0.05, 0) is 24.5 Å². The first-order valence-corrected chi connectivity index (χ1v) is 9.96. The zero-order valence-electron chi connectivity index (χ0n) is 15.6. The molecule has 2 aromatic carbocycles. The first kappa shape index (κ1) is 18.8. The van der Waals surface area contributed by atoms with Crippen molar-refractivity contribution in [2.24, 2.45) is 0 Å². The van der Waals surface area contributed by atoms with Gasteiger partial charge >= 0.3 is 0 Å². The van der Waals surface area contributed by atoms with Gasteiger partial charge in [-0.15, -0.1) is 0 Å². The van der Waals surface area contributed by atoms with Crippen LogP contribution in [-0.2, 0) is 17.8 Å². The Balaban J connectivity index is 1.67. The predicted octanol–water partition coefficient (Wildman–Crippen LogP) is 3.07. The minimum absolute atomic E-state index is 0.145. The van der Waals surface area contributed by atoms with Gasteiger partial charge in [0, 0.05) is 40.9 Å². The molecule has 1 saturated carbocycles. The first-order chi connectivity index (χ1) is 13.6. The van der Waals surface area contributed by atoms with E-state index in [0.717, 1.165) is 40.6 Å². The first-order valence-electron chi connectivity index (χ1n) is 8.92. The van der Waals surface area contributed by atoms with Crippen LogP contribution in [-0.4, -0.2) is 43.3 Å². The van der Waals surface area contributed by atoms with Gasteiger partial charge in [0.1, 0.15) is 6.33 Å². The zero-order valence-corrected chi connectivity index (χ0v) is 16.4. The summed E-state index contributed by atoms with van der Waals surface area (Å²) in [6.45, 7) is 0.386. The molecule has 1 atom stereocenters. The van der Waals surface area contributed by atoms with Crippen LogP contribution in [0.2, 0.25) is 0 Å². The molecule has 28 heavy (non-hydrogen) atoms. The monoisotopic (exact) mass is 398 g/mol. The van der Waals surface area contributed by atoms with Crippen LogP contribution in [0.5, 0.6) is 11.5 Å². The molecule has 1 heterocycles. The second kappa shape index (κ2) is 7.83. The average Bonchev–Trinajstić information content (AvgIpc) is 3.55. The Hall–Kier alpha value is -2.55. The lowest BCUT2D eigenvalue weighted by Gasteiger charge is -2.23. The third-order valence-electron chi connectivity index (χ3n) is 4.85. The lowest BCUT2D eigenvalue weighted by Crippen LogP contribution is -2.27.